The van der Waals surface area contributed by atoms with Gasteiger partial charge in [0, 0.05) is 30.1 Å². The second-order valence-corrected chi connectivity index (χ2v) is 7.24. The molecule has 3 N–H and O–H groups in total. The maximum atomic E-state index is 13.5. The Morgan fingerprint density at radius 3 is 2.66 bits per heavy atom. The first-order chi connectivity index (χ1) is 15.3. The van der Waals surface area contributed by atoms with E-state index in [4.69, 9.17) is 17.0 Å². The smallest absolute Gasteiger partial charge is 0.416 e. The van der Waals surface area contributed by atoms with Gasteiger partial charge in [-0.05, 0) is 37.2 Å². The molecule has 3 rings (SSSR count). The summed E-state index contributed by atoms with van der Waals surface area (Å²) in [6.45, 7) is 0.196. The van der Waals surface area contributed by atoms with Crippen molar-refractivity contribution in [3.63, 3.8) is 0 Å². The van der Waals surface area contributed by atoms with Crippen LogP contribution >= 0.6 is 12.2 Å². The van der Waals surface area contributed by atoms with Crippen LogP contribution in [0.25, 0.3) is 0 Å². The number of imidazole rings is 1. The lowest BCUT2D eigenvalue weighted by Crippen LogP contribution is -2.39. The van der Waals surface area contributed by atoms with Gasteiger partial charge < -0.3 is 25.0 Å². The monoisotopic (exact) mass is 465 g/mol. The van der Waals surface area contributed by atoms with E-state index in [-0.39, 0.29) is 17.2 Å². The number of alkyl halides is 3. The zero-order valence-corrected chi connectivity index (χ0v) is 18.0. The minimum absolute atomic E-state index is 0.0612. The predicted molar refractivity (Wildman–Crippen MR) is 117 cm³/mol. The van der Waals surface area contributed by atoms with Gasteiger partial charge in [0.1, 0.15) is 0 Å². The van der Waals surface area contributed by atoms with Crippen LogP contribution in [0.3, 0.4) is 0 Å². The van der Waals surface area contributed by atoms with E-state index in [1.54, 1.807) is 24.7 Å². The molecule has 170 valence electrons. The van der Waals surface area contributed by atoms with Crippen molar-refractivity contribution in [3.8, 4) is 5.88 Å². The van der Waals surface area contributed by atoms with Crippen molar-refractivity contribution in [2.75, 3.05) is 19.0 Å². The number of H-pyrrole nitrogens is 1. The van der Waals surface area contributed by atoms with Gasteiger partial charge in [0.05, 0.1) is 30.9 Å². The Hall–Kier alpha value is -3.18. The summed E-state index contributed by atoms with van der Waals surface area (Å²) in [5.74, 6) is 0.400. The molecule has 2 heterocycles. The van der Waals surface area contributed by atoms with E-state index in [9.17, 15) is 18.3 Å². The lowest BCUT2D eigenvalue weighted by molar-refractivity contribution is -0.140. The van der Waals surface area contributed by atoms with Crippen molar-refractivity contribution >= 4 is 23.0 Å². The van der Waals surface area contributed by atoms with E-state index >= 15 is 0 Å². The fourth-order valence-electron chi connectivity index (χ4n) is 3.11. The normalized spacial score (nSPS) is 12.3. The van der Waals surface area contributed by atoms with Crippen LogP contribution in [0.2, 0.25) is 0 Å². The summed E-state index contributed by atoms with van der Waals surface area (Å²) in [7, 11) is 1.48. The molecule has 1 unspecified atom stereocenters. The maximum Gasteiger partial charge on any atom is 0.416 e. The number of aliphatic hydroxyl groups is 1. The number of benzene rings is 1. The zero-order chi connectivity index (χ0) is 23.1. The average molecular weight is 466 g/mol. The molecule has 3 aromatic rings. The number of rotatable bonds is 8. The standard InChI is InChI=1S/C21H22F3N5O2S/c1-31-18-9-8-15(12-26-18)28-20(32)29(10-4-5-14-11-25-13-27-14)19(30)16-6-2-3-7-17(16)21(22,23)24/h2-3,6-9,11-13,19,30H,4-5,10H2,1H3,(H,25,27)(H,28,32). The summed E-state index contributed by atoms with van der Waals surface area (Å²) in [6, 6.07) is 8.18. The number of pyridine rings is 1. The molecule has 0 aliphatic heterocycles. The number of hydrogen-bond donors (Lipinski definition) is 3. The molecule has 0 radical (unpaired) electrons. The molecule has 0 spiro atoms. The van der Waals surface area contributed by atoms with E-state index < -0.39 is 18.0 Å². The Morgan fingerprint density at radius 1 is 1.25 bits per heavy atom. The Kier molecular flexibility index (Phi) is 7.65. The summed E-state index contributed by atoms with van der Waals surface area (Å²) in [6.07, 6.45) is -0.449. The Labute approximate surface area is 188 Å². The zero-order valence-electron chi connectivity index (χ0n) is 17.1. The SMILES string of the molecule is COc1ccc(NC(=S)N(CCCc2cnc[nH]2)C(O)c2ccccc2C(F)(F)F)cn1. The summed E-state index contributed by atoms with van der Waals surface area (Å²) in [5.41, 5.74) is 0.178. The van der Waals surface area contributed by atoms with Crippen LogP contribution < -0.4 is 10.1 Å². The summed E-state index contributed by atoms with van der Waals surface area (Å²) in [4.78, 5) is 12.3. The van der Waals surface area contributed by atoms with Gasteiger partial charge in [-0.1, -0.05) is 18.2 Å². The third-order valence-corrected chi connectivity index (χ3v) is 5.03. The number of aromatic amines is 1. The number of aromatic nitrogens is 3. The van der Waals surface area contributed by atoms with Crippen molar-refractivity contribution in [1.82, 2.24) is 19.9 Å². The molecule has 0 bridgehead atoms. The average Bonchev–Trinajstić information content (AvgIpc) is 3.30. The Balaban J connectivity index is 1.83. The summed E-state index contributed by atoms with van der Waals surface area (Å²) >= 11 is 5.44. The van der Waals surface area contributed by atoms with E-state index in [1.807, 2.05) is 0 Å². The second kappa shape index (κ2) is 10.4. The van der Waals surface area contributed by atoms with Crippen molar-refractivity contribution < 1.29 is 23.0 Å². The van der Waals surface area contributed by atoms with Gasteiger partial charge in [-0.3, -0.25) is 0 Å². The number of ether oxygens (including phenoxy) is 1. The number of methoxy groups -OCH3 is 1. The molecule has 0 fully saturated rings. The molecule has 2 aromatic heterocycles. The molecular formula is C21H22F3N5O2S. The van der Waals surface area contributed by atoms with E-state index in [0.717, 1.165) is 11.8 Å². The fraction of sp³-hybridized carbons (Fsp3) is 0.286. The molecule has 0 aliphatic carbocycles. The molecule has 0 aliphatic rings. The number of halogens is 3. The van der Waals surface area contributed by atoms with Crippen LogP contribution in [0.4, 0.5) is 18.9 Å². The highest BCUT2D eigenvalue weighted by molar-refractivity contribution is 7.80. The molecular weight excluding hydrogens is 443 g/mol. The third kappa shape index (κ3) is 5.95. The molecule has 0 saturated heterocycles. The highest BCUT2D eigenvalue weighted by Gasteiger charge is 2.36. The van der Waals surface area contributed by atoms with Crippen molar-refractivity contribution in [2.45, 2.75) is 25.2 Å². The molecule has 7 nitrogen and oxygen atoms in total. The van der Waals surface area contributed by atoms with Gasteiger partial charge in [0.2, 0.25) is 5.88 Å². The minimum atomic E-state index is -4.62. The highest BCUT2D eigenvalue weighted by Crippen LogP contribution is 2.35. The largest absolute Gasteiger partial charge is 0.481 e. The van der Waals surface area contributed by atoms with Gasteiger partial charge >= 0.3 is 6.18 Å². The van der Waals surface area contributed by atoms with E-state index in [1.165, 1.54) is 36.4 Å². The lowest BCUT2D eigenvalue weighted by Gasteiger charge is -2.32. The van der Waals surface area contributed by atoms with Crippen LogP contribution in [0, 0.1) is 0 Å². The van der Waals surface area contributed by atoms with Crippen molar-refractivity contribution in [1.29, 1.82) is 0 Å². The molecule has 32 heavy (non-hydrogen) atoms. The Bertz CT molecular complexity index is 1010. The lowest BCUT2D eigenvalue weighted by atomic mass is 10.0. The van der Waals surface area contributed by atoms with Gasteiger partial charge in [-0.15, -0.1) is 0 Å². The van der Waals surface area contributed by atoms with Gasteiger partial charge in [0.25, 0.3) is 0 Å². The van der Waals surface area contributed by atoms with Crippen LogP contribution in [0.15, 0.2) is 55.1 Å². The fourth-order valence-corrected chi connectivity index (χ4v) is 3.42. The Morgan fingerprint density at radius 2 is 2.03 bits per heavy atom. The minimum Gasteiger partial charge on any atom is -0.481 e. The maximum absolute atomic E-state index is 13.5. The molecule has 0 saturated carbocycles. The number of aryl methyl sites for hydroxylation is 1. The number of hydrogen-bond acceptors (Lipinski definition) is 5. The van der Waals surface area contributed by atoms with Crippen LogP contribution in [-0.2, 0) is 12.6 Å². The van der Waals surface area contributed by atoms with Crippen LogP contribution in [0.1, 0.15) is 29.5 Å². The molecule has 1 aromatic carbocycles. The summed E-state index contributed by atoms with van der Waals surface area (Å²) in [5, 5.41) is 13.9. The number of aliphatic hydroxyl groups excluding tert-OH is 1. The molecule has 0 amide bonds. The number of anilines is 1. The van der Waals surface area contributed by atoms with Crippen molar-refractivity contribution in [2.24, 2.45) is 0 Å². The quantitative estimate of drug-likeness (QED) is 0.340. The van der Waals surface area contributed by atoms with Crippen molar-refractivity contribution in [3.05, 3.63) is 71.9 Å². The molecule has 11 heteroatoms. The number of thiocarbonyl (C=S) groups is 1. The first-order valence-corrected chi connectivity index (χ1v) is 10.1. The van der Waals surface area contributed by atoms with Gasteiger partial charge in [-0.25, -0.2) is 9.97 Å². The van der Waals surface area contributed by atoms with Crippen LogP contribution in [0.5, 0.6) is 5.88 Å². The van der Waals surface area contributed by atoms with E-state index in [0.29, 0.717) is 24.4 Å². The van der Waals surface area contributed by atoms with E-state index in [2.05, 4.69) is 20.3 Å². The third-order valence-electron chi connectivity index (χ3n) is 4.70. The first kappa shape index (κ1) is 23.5. The van der Waals surface area contributed by atoms with Gasteiger partial charge in [-0.2, -0.15) is 13.2 Å². The summed E-state index contributed by atoms with van der Waals surface area (Å²) < 4.78 is 45.6. The first-order valence-electron chi connectivity index (χ1n) is 9.68. The van der Waals surface area contributed by atoms with Gasteiger partial charge in [0.15, 0.2) is 11.3 Å². The highest BCUT2D eigenvalue weighted by atomic mass is 32.1. The number of nitrogens with zero attached hydrogens (tertiary/aromatic N) is 3. The second-order valence-electron chi connectivity index (χ2n) is 6.85. The molecule has 1 atom stereocenters. The number of nitrogens with one attached hydrogen (secondary N) is 2. The predicted octanol–water partition coefficient (Wildman–Crippen LogP) is 4.15. The van der Waals surface area contributed by atoms with Crippen LogP contribution in [-0.4, -0.2) is 43.7 Å². The topological polar surface area (TPSA) is 86.3 Å².